The third-order valence-corrected chi connectivity index (χ3v) is 3.76. The third kappa shape index (κ3) is 4.66. The lowest BCUT2D eigenvalue weighted by Crippen LogP contribution is -2.46. The monoisotopic (exact) mass is 241 g/mol. The molecule has 100 valence electrons. The molecule has 0 aromatic carbocycles. The highest BCUT2D eigenvalue weighted by molar-refractivity contribution is 5.75. The van der Waals surface area contributed by atoms with Gasteiger partial charge in [0.2, 0.25) is 0 Å². The first-order valence-corrected chi connectivity index (χ1v) is 6.91. The van der Waals surface area contributed by atoms with Crippen LogP contribution in [0, 0.1) is 5.41 Å². The van der Waals surface area contributed by atoms with E-state index >= 15 is 0 Å². The molecular formula is C14H27NO2. The van der Waals surface area contributed by atoms with E-state index in [1.165, 1.54) is 25.7 Å². The minimum absolute atomic E-state index is 0.0974. The van der Waals surface area contributed by atoms with Crippen molar-refractivity contribution in [3.63, 3.8) is 0 Å². The van der Waals surface area contributed by atoms with Crippen LogP contribution in [0.3, 0.4) is 0 Å². The Morgan fingerprint density at radius 1 is 1.35 bits per heavy atom. The lowest BCUT2D eigenvalue weighted by atomic mass is 9.75. The van der Waals surface area contributed by atoms with Crippen LogP contribution >= 0.6 is 0 Å². The number of hydrogen-bond acceptors (Lipinski definition) is 3. The second-order valence-electron chi connectivity index (χ2n) is 5.82. The largest absolute Gasteiger partial charge is 0.465 e. The summed E-state index contributed by atoms with van der Waals surface area (Å²) in [6.07, 6.45) is 5.62. The molecule has 3 heteroatoms. The summed E-state index contributed by atoms with van der Waals surface area (Å²) >= 11 is 0. The number of nitrogens with one attached hydrogen (secondary N) is 1. The smallest absolute Gasteiger partial charge is 0.323 e. The molecule has 1 atom stereocenters. The Labute approximate surface area is 105 Å². The van der Waals surface area contributed by atoms with Crippen molar-refractivity contribution in [3.8, 4) is 0 Å². The fraction of sp³-hybridized carbons (Fsp3) is 0.929. The van der Waals surface area contributed by atoms with Crippen LogP contribution in [-0.4, -0.2) is 24.7 Å². The van der Waals surface area contributed by atoms with Gasteiger partial charge in [0.15, 0.2) is 0 Å². The molecule has 0 heterocycles. The Morgan fingerprint density at radius 2 is 1.94 bits per heavy atom. The molecular weight excluding hydrogens is 214 g/mol. The van der Waals surface area contributed by atoms with E-state index in [9.17, 15) is 4.79 Å². The molecule has 1 aliphatic carbocycles. The molecule has 3 nitrogen and oxygen atoms in total. The minimum atomic E-state index is -0.124. The Bertz CT molecular complexity index is 241. The van der Waals surface area contributed by atoms with Gasteiger partial charge in [0.25, 0.3) is 0 Å². The molecule has 0 saturated heterocycles. The summed E-state index contributed by atoms with van der Waals surface area (Å²) in [6, 6.07) is 0.360. The maximum Gasteiger partial charge on any atom is 0.323 e. The van der Waals surface area contributed by atoms with Crippen LogP contribution in [0.15, 0.2) is 0 Å². The molecule has 0 aromatic rings. The van der Waals surface area contributed by atoms with Crippen molar-refractivity contribution in [1.82, 2.24) is 5.32 Å². The highest BCUT2D eigenvalue weighted by Gasteiger charge is 2.29. The van der Waals surface area contributed by atoms with Gasteiger partial charge in [-0.3, -0.25) is 4.79 Å². The number of ether oxygens (including phenoxy) is 1. The van der Waals surface area contributed by atoms with Crippen molar-refractivity contribution < 1.29 is 9.53 Å². The van der Waals surface area contributed by atoms with Crippen LogP contribution in [0.4, 0.5) is 0 Å². The molecule has 0 aromatic heterocycles. The average Bonchev–Trinajstić information content (AvgIpc) is 2.28. The van der Waals surface area contributed by atoms with Crippen molar-refractivity contribution in [3.05, 3.63) is 0 Å². The number of esters is 1. The van der Waals surface area contributed by atoms with Crippen molar-refractivity contribution in [2.24, 2.45) is 5.41 Å². The van der Waals surface area contributed by atoms with Gasteiger partial charge in [-0.25, -0.2) is 0 Å². The molecule has 0 radical (unpaired) electrons. The summed E-state index contributed by atoms with van der Waals surface area (Å²) in [5.74, 6) is -0.0974. The van der Waals surface area contributed by atoms with E-state index in [0.29, 0.717) is 18.1 Å². The zero-order valence-electron chi connectivity index (χ0n) is 11.7. The van der Waals surface area contributed by atoms with E-state index in [2.05, 4.69) is 19.2 Å². The summed E-state index contributed by atoms with van der Waals surface area (Å²) in [7, 11) is 0. The lowest BCUT2D eigenvalue weighted by Gasteiger charge is -2.36. The average molecular weight is 241 g/mol. The summed E-state index contributed by atoms with van der Waals surface area (Å²) in [5, 5.41) is 3.45. The first kappa shape index (κ1) is 14.5. The molecule has 1 N–H and O–H groups in total. The second kappa shape index (κ2) is 6.39. The summed E-state index contributed by atoms with van der Waals surface area (Å²) in [6.45, 7) is 9.00. The zero-order chi connectivity index (χ0) is 12.9. The number of rotatable bonds is 5. The van der Waals surface area contributed by atoms with Gasteiger partial charge in [-0.2, -0.15) is 0 Å². The molecule has 1 unspecified atom stereocenters. The molecule has 0 aliphatic heterocycles. The Hall–Kier alpha value is -0.570. The van der Waals surface area contributed by atoms with Crippen LogP contribution in [0.5, 0.6) is 0 Å². The molecule has 17 heavy (non-hydrogen) atoms. The second-order valence-corrected chi connectivity index (χ2v) is 5.82. The van der Waals surface area contributed by atoms with Crippen LogP contribution < -0.4 is 5.32 Å². The summed E-state index contributed by atoms with van der Waals surface area (Å²) in [5.41, 5.74) is 0.476. The van der Waals surface area contributed by atoms with E-state index in [1.54, 1.807) is 0 Å². The summed E-state index contributed by atoms with van der Waals surface area (Å²) in [4.78, 5) is 11.7. The maximum atomic E-state index is 11.7. The quantitative estimate of drug-likeness (QED) is 0.752. The fourth-order valence-electron chi connectivity index (χ4n) is 2.45. The van der Waals surface area contributed by atoms with Gasteiger partial charge >= 0.3 is 5.97 Å². The highest BCUT2D eigenvalue weighted by Crippen LogP contribution is 2.35. The first-order chi connectivity index (χ1) is 7.98. The molecule has 0 amide bonds. The Morgan fingerprint density at radius 3 is 2.41 bits per heavy atom. The molecule has 0 bridgehead atoms. The van der Waals surface area contributed by atoms with E-state index in [0.717, 1.165) is 6.42 Å². The van der Waals surface area contributed by atoms with Crippen molar-refractivity contribution in [1.29, 1.82) is 0 Å². The van der Waals surface area contributed by atoms with E-state index in [-0.39, 0.29) is 12.0 Å². The standard InChI is InChI=1S/C14H27NO2/c1-5-12(13(16)17-6-2)15-11-7-9-14(3,4)10-8-11/h11-12,15H,5-10H2,1-4H3. The zero-order valence-corrected chi connectivity index (χ0v) is 11.7. The number of carbonyl (C=O) groups is 1. The number of carbonyl (C=O) groups excluding carboxylic acids is 1. The fourth-order valence-corrected chi connectivity index (χ4v) is 2.45. The predicted octanol–water partition coefficient (Wildman–Crippen LogP) is 2.89. The van der Waals surface area contributed by atoms with Crippen LogP contribution in [-0.2, 0) is 9.53 Å². The maximum absolute atomic E-state index is 11.7. The van der Waals surface area contributed by atoms with E-state index in [4.69, 9.17) is 4.74 Å². The van der Waals surface area contributed by atoms with Gasteiger partial charge in [0.1, 0.15) is 6.04 Å². The highest BCUT2D eigenvalue weighted by atomic mass is 16.5. The molecule has 1 fully saturated rings. The Balaban J connectivity index is 2.39. The van der Waals surface area contributed by atoms with E-state index < -0.39 is 0 Å². The van der Waals surface area contributed by atoms with Gasteiger partial charge in [0, 0.05) is 6.04 Å². The van der Waals surface area contributed by atoms with Crippen molar-refractivity contribution in [2.45, 2.75) is 71.9 Å². The van der Waals surface area contributed by atoms with Crippen molar-refractivity contribution >= 4 is 5.97 Å². The normalized spacial score (nSPS) is 22.1. The van der Waals surface area contributed by atoms with Crippen molar-refractivity contribution in [2.75, 3.05) is 6.61 Å². The topological polar surface area (TPSA) is 38.3 Å². The number of hydrogen-bond donors (Lipinski definition) is 1. The van der Waals surface area contributed by atoms with E-state index in [1.807, 2.05) is 13.8 Å². The van der Waals surface area contributed by atoms with Crippen LogP contribution in [0.1, 0.15) is 59.8 Å². The van der Waals surface area contributed by atoms with Gasteiger partial charge in [0.05, 0.1) is 6.61 Å². The SMILES string of the molecule is CCOC(=O)C(CC)NC1CCC(C)(C)CC1. The van der Waals surface area contributed by atoms with Gasteiger partial charge in [-0.05, 0) is 44.4 Å². The van der Waals surface area contributed by atoms with Gasteiger partial charge < -0.3 is 10.1 Å². The molecule has 1 aliphatic rings. The van der Waals surface area contributed by atoms with Gasteiger partial charge in [-0.15, -0.1) is 0 Å². The Kier molecular flexibility index (Phi) is 5.44. The third-order valence-electron chi connectivity index (χ3n) is 3.76. The molecule has 0 spiro atoms. The van der Waals surface area contributed by atoms with Crippen LogP contribution in [0.2, 0.25) is 0 Å². The van der Waals surface area contributed by atoms with Gasteiger partial charge in [-0.1, -0.05) is 20.8 Å². The molecule has 1 rings (SSSR count). The summed E-state index contributed by atoms with van der Waals surface area (Å²) < 4.78 is 5.08. The lowest BCUT2D eigenvalue weighted by molar-refractivity contribution is -0.146. The molecule has 1 saturated carbocycles. The minimum Gasteiger partial charge on any atom is -0.465 e. The van der Waals surface area contributed by atoms with Crippen LogP contribution in [0.25, 0.3) is 0 Å². The predicted molar refractivity (Wildman–Crippen MR) is 69.9 cm³/mol. The first-order valence-electron chi connectivity index (χ1n) is 6.91.